The second-order valence-corrected chi connectivity index (χ2v) is 7.26. The molecule has 3 heterocycles. The molecule has 3 aromatic heterocycles. The third-order valence-electron chi connectivity index (χ3n) is 3.33. The van der Waals surface area contributed by atoms with E-state index in [-0.39, 0.29) is 12.1 Å². The summed E-state index contributed by atoms with van der Waals surface area (Å²) < 4.78 is 5.99. The fraction of sp³-hybridized carbons (Fsp3) is 0.385. The Morgan fingerprint density at radius 3 is 2.79 bits per heavy atom. The first-order valence-corrected chi connectivity index (χ1v) is 8.57. The van der Waals surface area contributed by atoms with Gasteiger partial charge in [0.05, 0.1) is 5.39 Å². The molecule has 24 heavy (non-hydrogen) atoms. The molecule has 1 N–H and O–H groups in total. The van der Waals surface area contributed by atoms with Gasteiger partial charge in [-0.3, -0.25) is 14.9 Å². The number of aryl methyl sites for hydroxylation is 2. The zero-order valence-corrected chi connectivity index (χ0v) is 14.8. The summed E-state index contributed by atoms with van der Waals surface area (Å²) >= 11 is 2.62. The maximum absolute atomic E-state index is 12.5. The van der Waals surface area contributed by atoms with Gasteiger partial charge in [0, 0.05) is 12.0 Å². The van der Waals surface area contributed by atoms with Crippen molar-refractivity contribution in [2.45, 2.75) is 27.0 Å². The smallest absolute Gasteiger partial charge is 0.279 e. The third kappa shape index (κ3) is 3.18. The molecular formula is C13H14N6O3S2. The van der Waals surface area contributed by atoms with Gasteiger partial charge < -0.3 is 4.74 Å². The summed E-state index contributed by atoms with van der Waals surface area (Å²) in [5, 5.41) is 19.7. The minimum atomic E-state index is -0.421. The molecule has 0 atom stereocenters. The number of nitrogens with zero attached hydrogens (tertiary/aromatic N) is 5. The van der Waals surface area contributed by atoms with E-state index in [4.69, 9.17) is 4.74 Å². The van der Waals surface area contributed by atoms with Crippen LogP contribution in [0.1, 0.15) is 15.4 Å². The molecule has 0 spiro atoms. The van der Waals surface area contributed by atoms with E-state index in [2.05, 4.69) is 25.8 Å². The van der Waals surface area contributed by atoms with Gasteiger partial charge in [0.25, 0.3) is 5.56 Å². The lowest BCUT2D eigenvalue weighted by Gasteiger charge is -2.03. The SMILES string of the molecule is COCc1nnc(NC(=O)Cn2nnc3sc(C)c(C)c3c2=O)s1. The van der Waals surface area contributed by atoms with E-state index in [1.54, 1.807) is 7.11 Å². The summed E-state index contributed by atoms with van der Waals surface area (Å²) in [4.78, 5) is 26.2. The van der Waals surface area contributed by atoms with Crippen LogP contribution in [-0.4, -0.2) is 38.2 Å². The lowest BCUT2D eigenvalue weighted by Crippen LogP contribution is -2.30. The Morgan fingerprint density at radius 1 is 1.25 bits per heavy atom. The molecule has 0 radical (unpaired) electrons. The molecule has 0 aliphatic rings. The average Bonchev–Trinajstić information content (AvgIpc) is 3.08. The first-order chi connectivity index (χ1) is 11.5. The van der Waals surface area contributed by atoms with E-state index in [0.29, 0.717) is 27.0 Å². The van der Waals surface area contributed by atoms with Crippen molar-refractivity contribution in [1.29, 1.82) is 0 Å². The Kier molecular flexibility index (Phi) is 4.64. The van der Waals surface area contributed by atoms with Gasteiger partial charge in [-0.2, -0.15) is 0 Å². The summed E-state index contributed by atoms with van der Waals surface area (Å²) in [5.74, 6) is -0.421. The first kappa shape index (κ1) is 16.6. The Morgan fingerprint density at radius 2 is 2.04 bits per heavy atom. The van der Waals surface area contributed by atoms with Crippen LogP contribution < -0.4 is 10.9 Å². The molecule has 1 amide bonds. The van der Waals surface area contributed by atoms with Crippen molar-refractivity contribution in [3.8, 4) is 0 Å². The van der Waals surface area contributed by atoms with Crippen LogP contribution >= 0.6 is 22.7 Å². The second kappa shape index (κ2) is 6.71. The molecule has 126 valence electrons. The molecule has 0 aliphatic heterocycles. The van der Waals surface area contributed by atoms with E-state index in [1.165, 1.54) is 22.7 Å². The second-order valence-electron chi connectivity index (χ2n) is 5.00. The van der Waals surface area contributed by atoms with E-state index in [9.17, 15) is 9.59 Å². The number of thiophene rings is 1. The Hall–Kier alpha value is -2.24. The predicted molar refractivity (Wildman–Crippen MR) is 90.4 cm³/mol. The van der Waals surface area contributed by atoms with Crippen LogP contribution in [0.5, 0.6) is 0 Å². The highest BCUT2D eigenvalue weighted by Gasteiger charge is 2.15. The highest BCUT2D eigenvalue weighted by Crippen LogP contribution is 2.24. The van der Waals surface area contributed by atoms with Crippen LogP contribution in [0, 0.1) is 13.8 Å². The van der Waals surface area contributed by atoms with Gasteiger partial charge in [0.15, 0.2) is 4.83 Å². The van der Waals surface area contributed by atoms with Crippen LogP contribution in [0.15, 0.2) is 4.79 Å². The van der Waals surface area contributed by atoms with Crippen molar-refractivity contribution in [2.75, 3.05) is 12.4 Å². The topological polar surface area (TPSA) is 112 Å². The number of rotatable bonds is 5. The largest absolute Gasteiger partial charge is 0.377 e. The number of methoxy groups -OCH3 is 1. The molecule has 3 aromatic rings. The molecule has 11 heteroatoms. The van der Waals surface area contributed by atoms with Gasteiger partial charge in [-0.05, 0) is 19.4 Å². The Bertz CT molecular complexity index is 960. The minimum Gasteiger partial charge on any atom is -0.377 e. The van der Waals surface area contributed by atoms with Crippen LogP contribution in [0.4, 0.5) is 5.13 Å². The summed E-state index contributed by atoms with van der Waals surface area (Å²) in [6.07, 6.45) is 0. The van der Waals surface area contributed by atoms with Crippen molar-refractivity contribution >= 4 is 43.9 Å². The lowest BCUT2D eigenvalue weighted by molar-refractivity contribution is -0.117. The molecule has 3 rings (SSSR count). The number of anilines is 1. The zero-order valence-electron chi connectivity index (χ0n) is 13.2. The third-order valence-corrected chi connectivity index (χ3v) is 5.24. The number of ether oxygens (including phenoxy) is 1. The predicted octanol–water partition coefficient (Wildman–Crippen LogP) is 1.11. The quantitative estimate of drug-likeness (QED) is 0.720. The summed E-state index contributed by atoms with van der Waals surface area (Å²) in [6.45, 7) is 3.87. The molecule has 0 aliphatic carbocycles. The number of fused-ring (bicyclic) bond motifs is 1. The van der Waals surface area contributed by atoms with Crippen molar-refractivity contribution in [2.24, 2.45) is 0 Å². The zero-order chi connectivity index (χ0) is 17.3. The van der Waals surface area contributed by atoms with E-state index in [1.807, 2.05) is 13.8 Å². The molecule has 0 bridgehead atoms. The van der Waals surface area contributed by atoms with Gasteiger partial charge in [-0.1, -0.05) is 16.6 Å². The number of amides is 1. The molecule has 0 saturated heterocycles. The Labute approximate surface area is 144 Å². The van der Waals surface area contributed by atoms with Crippen LogP contribution in [0.2, 0.25) is 0 Å². The summed E-state index contributed by atoms with van der Waals surface area (Å²) in [5.41, 5.74) is 0.548. The van der Waals surface area contributed by atoms with Crippen LogP contribution in [-0.2, 0) is 22.7 Å². The number of carbonyl (C=O) groups excluding carboxylic acids is 1. The van der Waals surface area contributed by atoms with Crippen LogP contribution in [0.3, 0.4) is 0 Å². The Balaban J connectivity index is 1.79. The standard InChI is InChI=1S/C13H14N6O3S2/c1-6-7(2)23-11-10(6)12(21)19(18-16-11)4-8(20)14-13-17-15-9(24-13)5-22-3/h4-5H2,1-3H3,(H,14,17,20). The maximum atomic E-state index is 12.5. The minimum absolute atomic E-state index is 0.241. The molecule has 0 unspecified atom stereocenters. The first-order valence-electron chi connectivity index (χ1n) is 6.94. The summed E-state index contributed by atoms with van der Waals surface area (Å²) in [7, 11) is 1.55. The van der Waals surface area contributed by atoms with Crippen molar-refractivity contribution < 1.29 is 9.53 Å². The molecule has 0 fully saturated rings. The highest BCUT2D eigenvalue weighted by atomic mass is 32.1. The fourth-order valence-corrected chi connectivity index (χ4v) is 3.77. The molecular weight excluding hydrogens is 352 g/mol. The molecule has 0 saturated carbocycles. The van der Waals surface area contributed by atoms with Gasteiger partial charge in [0.1, 0.15) is 18.2 Å². The summed E-state index contributed by atoms with van der Waals surface area (Å²) in [6, 6.07) is 0. The fourth-order valence-electron chi connectivity index (χ4n) is 2.08. The monoisotopic (exact) mass is 366 g/mol. The lowest BCUT2D eigenvalue weighted by atomic mass is 10.2. The van der Waals surface area contributed by atoms with Crippen molar-refractivity contribution in [1.82, 2.24) is 25.2 Å². The van der Waals surface area contributed by atoms with Gasteiger partial charge in [-0.15, -0.1) is 26.6 Å². The number of hydrogen-bond donors (Lipinski definition) is 1. The van der Waals surface area contributed by atoms with Gasteiger partial charge in [0.2, 0.25) is 11.0 Å². The molecule has 0 aromatic carbocycles. The number of hydrogen-bond acceptors (Lipinski definition) is 9. The van der Waals surface area contributed by atoms with E-state index < -0.39 is 5.91 Å². The van der Waals surface area contributed by atoms with Crippen molar-refractivity contribution in [3.05, 3.63) is 25.8 Å². The normalized spacial score (nSPS) is 11.1. The number of aromatic nitrogens is 5. The maximum Gasteiger partial charge on any atom is 0.279 e. The van der Waals surface area contributed by atoms with E-state index >= 15 is 0 Å². The molecule has 9 nitrogen and oxygen atoms in total. The number of nitrogens with one attached hydrogen (secondary N) is 1. The number of carbonyl (C=O) groups is 1. The van der Waals surface area contributed by atoms with Gasteiger partial charge >= 0.3 is 0 Å². The van der Waals surface area contributed by atoms with Crippen LogP contribution in [0.25, 0.3) is 10.2 Å². The van der Waals surface area contributed by atoms with E-state index in [0.717, 1.165) is 15.1 Å². The highest BCUT2D eigenvalue weighted by molar-refractivity contribution is 7.18. The van der Waals surface area contributed by atoms with Crippen molar-refractivity contribution in [3.63, 3.8) is 0 Å². The average molecular weight is 366 g/mol. The van der Waals surface area contributed by atoms with Gasteiger partial charge in [-0.25, -0.2) is 4.68 Å².